The van der Waals surface area contributed by atoms with E-state index in [0.717, 1.165) is 40.8 Å². The molecular weight excluding hydrogens is 472 g/mol. The summed E-state index contributed by atoms with van der Waals surface area (Å²) in [6.07, 6.45) is 1.18. The first-order valence-corrected chi connectivity index (χ1v) is 12.7. The average molecular weight is 515 g/mol. The van der Waals surface area contributed by atoms with E-state index >= 15 is 0 Å². The number of carbonyl (C=O) groups is 2. The van der Waals surface area contributed by atoms with Crippen molar-refractivity contribution in [1.29, 1.82) is 0 Å². The Kier molecular flexibility index (Phi) is 11.7. The van der Waals surface area contributed by atoms with Crippen LogP contribution in [0.15, 0.2) is 36.4 Å². The van der Waals surface area contributed by atoms with Gasteiger partial charge in [-0.05, 0) is 90.0 Å². The van der Waals surface area contributed by atoms with E-state index in [0.29, 0.717) is 18.9 Å². The molecule has 2 aromatic rings. The number of ether oxygens (including phenoxy) is 3. The number of hydrogen-bond acceptors (Lipinski definition) is 7. The van der Waals surface area contributed by atoms with E-state index in [9.17, 15) is 9.59 Å². The van der Waals surface area contributed by atoms with E-state index in [1.165, 1.54) is 7.05 Å². The minimum atomic E-state index is -0.562. The smallest absolute Gasteiger partial charge is 0.407 e. The number of alkyl carbamates (subject to hydrolysis) is 1. The van der Waals surface area contributed by atoms with Crippen molar-refractivity contribution in [2.75, 3.05) is 40.4 Å². The van der Waals surface area contributed by atoms with Crippen LogP contribution in [0.1, 0.15) is 51.3 Å². The Bertz CT molecular complexity index is 1040. The molecule has 0 fully saturated rings. The lowest BCUT2D eigenvalue weighted by Crippen LogP contribution is -2.36. The fourth-order valence-corrected chi connectivity index (χ4v) is 3.97. The van der Waals surface area contributed by atoms with Crippen molar-refractivity contribution in [2.45, 2.75) is 52.2 Å². The highest BCUT2D eigenvalue weighted by Crippen LogP contribution is 2.39. The maximum absolute atomic E-state index is 12.8. The molecule has 0 spiro atoms. The van der Waals surface area contributed by atoms with Crippen molar-refractivity contribution in [3.05, 3.63) is 47.5 Å². The minimum Gasteiger partial charge on any atom is -0.493 e. The van der Waals surface area contributed by atoms with E-state index in [2.05, 4.69) is 33.8 Å². The van der Waals surface area contributed by atoms with Crippen molar-refractivity contribution in [3.63, 3.8) is 0 Å². The molecule has 1 aliphatic rings. The maximum Gasteiger partial charge on any atom is 0.407 e. The summed E-state index contributed by atoms with van der Waals surface area (Å²) in [6.45, 7) is 9.09. The molecule has 37 heavy (non-hydrogen) atoms. The van der Waals surface area contributed by atoms with Gasteiger partial charge in [-0.15, -0.1) is 0 Å². The zero-order valence-corrected chi connectivity index (χ0v) is 22.9. The Labute approximate surface area is 220 Å². The summed E-state index contributed by atoms with van der Waals surface area (Å²) in [5, 5.41) is 8.86. The number of nitrogens with one attached hydrogen (secondary N) is 3. The van der Waals surface area contributed by atoms with Gasteiger partial charge in [-0.25, -0.2) is 4.79 Å². The third kappa shape index (κ3) is 8.94. The van der Waals surface area contributed by atoms with Crippen LogP contribution in [0.3, 0.4) is 0 Å². The summed E-state index contributed by atoms with van der Waals surface area (Å²) < 4.78 is 17.3. The second kappa shape index (κ2) is 14.4. The first-order valence-electron chi connectivity index (χ1n) is 12.7. The van der Waals surface area contributed by atoms with Gasteiger partial charge in [0.05, 0.1) is 13.2 Å². The Balaban J connectivity index is 0.00000235. The maximum atomic E-state index is 12.8. The molecule has 0 aliphatic carbocycles. The average Bonchev–Trinajstić information content (AvgIpc) is 2.86. The number of amides is 2. The van der Waals surface area contributed by atoms with Gasteiger partial charge in [0.15, 0.2) is 0 Å². The van der Waals surface area contributed by atoms with Gasteiger partial charge in [-0.2, -0.15) is 0 Å². The van der Waals surface area contributed by atoms with E-state index in [4.69, 9.17) is 14.2 Å². The summed E-state index contributed by atoms with van der Waals surface area (Å²) in [5.41, 5.74) is 7.67. The van der Waals surface area contributed by atoms with Crippen molar-refractivity contribution < 1.29 is 23.8 Å². The number of hydrogen-bond donors (Lipinski definition) is 4. The van der Waals surface area contributed by atoms with Gasteiger partial charge < -0.3 is 35.9 Å². The fraction of sp³-hybridized carbons (Fsp3) is 0.500. The van der Waals surface area contributed by atoms with Crippen LogP contribution in [0.2, 0.25) is 0 Å². The molecule has 2 amide bonds. The van der Waals surface area contributed by atoms with Crippen molar-refractivity contribution in [2.24, 2.45) is 5.73 Å². The Morgan fingerprint density at radius 1 is 1.08 bits per heavy atom. The lowest BCUT2D eigenvalue weighted by atomic mass is 9.94. The molecule has 9 nitrogen and oxygen atoms in total. The lowest BCUT2D eigenvalue weighted by molar-refractivity contribution is -0.123. The molecule has 1 aliphatic heterocycles. The highest BCUT2D eigenvalue weighted by atomic mass is 16.6. The number of benzene rings is 2. The lowest BCUT2D eigenvalue weighted by Gasteiger charge is -2.22. The Hall–Kier alpha value is -3.30. The third-order valence-electron chi connectivity index (χ3n) is 5.49. The topological polar surface area (TPSA) is 124 Å². The van der Waals surface area contributed by atoms with Gasteiger partial charge in [0.1, 0.15) is 29.7 Å². The highest BCUT2D eigenvalue weighted by molar-refractivity contribution is 5.85. The van der Waals surface area contributed by atoms with Crippen LogP contribution in [0, 0.1) is 0 Å². The zero-order chi connectivity index (χ0) is 27.4. The van der Waals surface area contributed by atoms with Crippen molar-refractivity contribution >= 4 is 12.0 Å². The minimum absolute atomic E-state index is 0.0667. The number of likely N-dealkylation sites (N-methyl/N-ethyl adjacent to an activating group) is 1. The van der Waals surface area contributed by atoms with E-state index in [-0.39, 0.29) is 19.1 Å². The zero-order valence-electron chi connectivity index (χ0n) is 22.9. The monoisotopic (exact) mass is 514 g/mol. The predicted molar refractivity (Wildman–Crippen MR) is 146 cm³/mol. The van der Waals surface area contributed by atoms with Crippen LogP contribution in [-0.2, 0) is 16.0 Å². The van der Waals surface area contributed by atoms with Gasteiger partial charge >= 0.3 is 6.09 Å². The first kappa shape index (κ1) is 29.9. The second-order valence-corrected chi connectivity index (χ2v) is 9.41. The molecule has 1 atom stereocenters. The quantitative estimate of drug-likeness (QED) is 0.417. The summed E-state index contributed by atoms with van der Waals surface area (Å²) >= 11 is 0. The number of aryl methyl sites for hydroxylation is 1. The molecular formula is C28H42N4O5. The number of nitrogens with two attached hydrogens (primary N) is 1. The van der Waals surface area contributed by atoms with Crippen LogP contribution in [0.4, 0.5) is 4.79 Å². The van der Waals surface area contributed by atoms with E-state index in [1.807, 2.05) is 52.0 Å². The largest absolute Gasteiger partial charge is 0.493 e. The fourth-order valence-electron chi connectivity index (χ4n) is 3.97. The molecule has 1 unspecified atom stereocenters. The molecule has 0 saturated carbocycles. The predicted octanol–water partition coefficient (Wildman–Crippen LogP) is 3.55. The summed E-state index contributed by atoms with van der Waals surface area (Å²) in [5.74, 6) is 1.33. The van der Waals surface area contributed by atoms with Crippen LogP contribution in [0.5, 0.6) is 11.5 Å². The van der Waals surface area contributed by atoms with Gasteiger partial charge in [-0.3, -0.25) is 4.79 Å². The molecule has 4 bridgehead atoms. The van der Waals surface area contributed by atoms with Crippen LogP contribution in [0.25, 0.3) is 11.1 Å². The van der Waals surface area contributed by atoms with E-state index < -0.39 is 17.7 Å². The van der Waals surface area contributed by atoms with Gasteiger partial charge in [0.2, 0.25) is 5.91 Å². The number of fused-ring (bicyclic) bond motifs is 5. The molecule has 204 valence electrons. The summed E-state index contributed by atoms with van der Waals surface area (Å²) in [7, 11) is 3.27. The molecule has 9 heteroatoms. The normalized spacial score (nSPS) is 15.1. The van der Waals surface area contributed by atoms with E-state index in [1.54, 1.807) is 7.05 Å². The van der Waals surface area contributed by atoms with Crippen LogP contribution < -0.4 is 31.2 Å². The molecule has 3 rings (SSSR count). The summed E-state index contributed by atoms with van der Waals surface area (Å²) in [6, 6.07) is 11.4. The van der Waals surface area contributed by atoms with Gasteiger partial charge in [-0.1, -0.05) is 12.1 Å². The van der Waals surface area contributed by atoms with Crippen LogP contribution >= 0.6 is 0 Å². The van der Waals surface area contributed by atoms with Crippen molar-refractivity contribution in [3.8, 4) is 22.6 Å². The van der Waals surface area contributed by atoms with Gasteiger partial charge in [0, 0.05) is 17.7 Å². The molecule has 2 aromatic carbocycles. The molecule has 0 saturated heterocycles. The van der Waals surface area contributed by atoms with Gasteiger partial charge in [0.25, 0.3) is 0 Å². The third-order valence-corrected chi connectivity index (χ3v) is 5.49. The van der Waals surface area contributed by atoms with Crippen molar-refractivity contribution in [1.82, 2.24) is 16.0 Å². The molecule has 0 aromatic heterocycles. The Morgan fingerprint density at radius 3 is 2.43 bits per heavy atom. The number of rotatable bonds is 7. The molecule has 0 radical (unpaired) electrons. The second-order valence-electron chi connectivity index (χ2n) is 9.41. The standard InChI is InChI=1S/C27H37N3O5.CH5N/c1-6-33-22-11-9-18-8-7-13-29-25(31)24(28-5)19-10-12-23(21(17-19)20(22)16-18)34-15-14-30-26(32)35-27(2,3)4;1-2/h9-12,16-17,24,28H,6-8,13-15H2,1-5H3,(H,29,31)(H,30,32);2H2,1H3. The van der Waals surface area contributed by atoms with Crippen LogP contribution in [-0.4, -0.2) is 58.0 Å². The highest BCUT2D eigenvalue weighted by Gasteiger charge is 2.22. The molecule has 1 heterocycles. The number of carbonyl (C=O) groups excluding carboxylic acids is 2. The Morgan fingerprint density at radius 2 is 1.76 bits per heavy atom. The first-order chi connectivity index (χ1) is 17.7. The molecule has 5 N–H and O–H groups in total. The SMILES string of the molecule is CCOc1ccc2cc1-c1cc(ccc1OCCNC(=O)OC(C)(C)C)C(NC)C(=O)NCCC2.CN. The summed E-state index contributed by atoms with van der Waals surface area (Å²) in [4.78, 5) is 24.8.